The van der Waals surface area contributed by atoms with Gasteiger partial charge in [-0.15, -0.1) is 0 Å². The van der Waals surface area contributed by atoms with Crippen LogP contribution >= 0.6 is 0 Å². The van der Waals surface area contributed by atoms with Crippen molar-refractivity contribution in [3.8, 4) is 0 Å². The fourth-order valence-corrected chi connectivity index (χ4v) is 6.67. The Labute approximate surface area is 393 Å². The van der Waals surface area contributed by atoms with Crippen LogP contribution in [-0.2, 0) is 28.6 Å². The molecular formula is C58H94O6. The standard InChI is InChI=1S/C58H94O6/c1-4-7-10-13-16-19-22-25-27-28-29-30-32-33-36-39-42-45-48-51-57(60)63-54-55(53-62-56(59)50-47-44-41-38-35-24-21-18-15-12-9-6-3)64-58(61)52-49-46-43-40-37-34-31-26-23-20-17-14-11-8-5-2/h7,9-10,12,16-21,23,25-27,29-30,33,36,55H,4-6,8,11,13-15,22,24,28,31-32,34-35,37-54H2,1-3H3/b10-7-,12-9-,19-16-,20-17-,21-18-,26-23-,27-25-,30-29-,36-33-. The first kappa shape index (κ1) is 60.1. The van der Waals surface area contributed by atoms with Crippen LogP contribution < -0.4 is 0 Å². The number of carbonyl (C=O) groups is 3. The van der Waals surface area contributed by atoms with Gasteiger partial charge in [-0.05, 0) is 116 Å². The molecule has 0 aromatic heterocycles. The molecule has 1 unspecified atom stereocenters. The second-order valence-corrected chi connectivity index (χ2v) is 16.7. The zero-order valence-corrected chi connectivity index (χ0v) is 41.3. The van der Waals surface area contributed by atoms with E-state index in [9.17, 15) is 14.4 Å². The van der Waals surface area contributed by atoms with Crippen molar-refractivity contribution in [2.24, 2.45) is 0 Å². The maximum absolute atomic E-state index is 12.8. The molecule has 0 rings (SSSR count). The van der Waals surface area contributed by atoms with Crippen molar-refractivity contribution in [1.29, 1.82) is 0 Å². The third kappa shape index (κ3) is 49.1. The van der Waals surface area contributed by atoms with Crippen LogP contribution in [-0.4, -0.2) is 37.2 Å². The minimum Gasteiger partial charge on any atom is -0.462 e. The van der Waals surface area contributed by atoms with Crippen molar-refractivity contribution in [3.05, 3.63) is 109 Å². The van der Waals surface area contributed by atoms with E-state index in [-0.39, 0.29) is 31.1 Å². The van der Waals surface area contributed by atoms with E-state index in [1.54, 1.807) is 0 Å². The summed E-state index contributed by atoms with van der Waals surface area (Å²) in [5, 5.41) is 0. The van der Waals surface area contributed by atoms with E-state index in [1.165, 1.54) is 38.5 Å². The first-order valence-electron chi connectivity index (χ1n) is 25.9. The number of carbonyl (C=O) groups excluding carboxylic acids is 3. The number of unbranched alkanes of at least 4 members (excludes halogenated alkanes) is 17. The van der Waals surface area contributed by atoms with Crippen LogP contribution in [0.4, 0.5) is 0 Å². The van der Waals surface area contributed by atoms with Crippen LogP contribution in [0.2, 0.25) is 0 Å². The summed E-state index contributed by atoms with van der Waals surface area (Å²) in [7, 11) is 0. The Kier molecular flexibility index (Phi) is 48.5. The number of esters is 3. The Morgan fingerprint density at radius 3 is 1.06 bits per heavy atom. The van der Waals surface area contributed by atoms with E-state index in [2.05, 4.69) is 130 Å². The van der Waals surface area contributed by atoms with Crippen molar-refractivity contribution in [1.82, 2.24) is 0 Å². The number of allylic oxidation sites excluding steroid dienone is 18. The van der Waals surface area contributed by atoms with Crippen LogP contribution in [0.3, 0.4) is 0 Å². The Bertz CT molecular complexity index is 1340. The maximum Gasteiger partial charge on any atom is 0.306 e. The average molecular weight is 887 g/mol. The van der Waals surface area contributed by atoms with Crippen LogP contribution in [0.25, 0.3) is 0 Å². The second-order valence-electron chi connectivity index (χ2n) is 16.7. The van der Waals surface area contributed by atoms with Gasteiger partial charge in [0.05, 0.1) is 0 Å². The highest BCUT2D eigenvalue weighted by molar-refractivity contribution is 5.71. The van der Waals surface area contributed by atoms with Gasteiger partial charge >= 0.3 is 17.9 Å². The highest BCUT2D eigenvalue weighted by atomic mass is 16.6. The van der Waals surface area contributed by atoms with Crippen molar-refractivity contribution in [2.75, 3.05) is 13.2 Å². The van der Waals surface area contributed by atoms with Gasteiger partial charge in [0, 0.05) is 19.3 Å². The van der Waals surface area contributed by atoms with Gasteiger partial charge < -0.3 is 14.2 Å². The molecule has 0 spiro atoms. The van der Waals surface area contributed by atoms with E-state index < -0.39 is 6.10 Å². The fourth-order valence-electron chi connectivity index (χ4n) is 6.67. The highest BCUT2D eigenvalue weighted by Gasteiger charge is 2.19. The molecule has 64 heavy (non-hydrogen) atoms. The molecule has 0 heterocycles. The molecule has 0 saturated heterocycles. The molecule has 0 amide bonds. The summed E-state index contributed by atoms with van der Waals surface area (Å²) in [6.07, 6.45) is 69.3. The van der Waals surface area contributed by atoms with Gasteiger partial charge in [-0.3, -0.25) is 14.4 Å². The lowest BCUT2D eigenvalue weighted by molar-refractivity contribution is -0.167. The van der Waals surface area contributed by atoms with Gasteiger partial charge in [0.2, 0.25) is 0 Å². The third-order valence-corrected chi connectivity index (χ3v) is 10.5. The minimum absolute atomic E-state index is 0.103. The van der Waals surface area contributed by atoms with Crippen LogP contribution in [0.5, 0.6) is 0 Å². The fraction of sp³-hybridized carbons (Fsp3) is 0.638. The molecule has 6 nitrogen and oxygen atoms in total. The lowest BCUT2D eigenvalue weighted by atomic mass is 10.1. The summed E-state index contributed by atoms with van der Waals surface area (Å²) in [5.41, 5.74) is 0. The zero-order valence-electron chi connectivity index (χ0n) is 41.3. The zero-order chi connectivity index (χ0) is 46.5. The lowest BCUT2D eigenvalue weighted by Crippen LogP contribution is -2.30. The van der Waals surface area contributed by atoms with E-state index >= 15 is 0 Å². The lowest BCUT2D eigenvalue weighted by Gasteiger charge is -2.18. The quantitative estimate of drug-likeness (QED) is 0.0199. The van der Waals surface area contributed by atoms with Crippen LogP contribution in [0.1, 0.15) is 220 Å². The third-order valence-electron chi connectivity index (χ3n) is 10.5. The van der Waals surface area contributed by atoms with Gasteiger partial charge in [-0.2, -0.15) is 0 Å². The summed E-state index contributed by atoms with van der Waals surface area (Å²) in [6, 6.07) is 0. The largest absolute Gasteiger partial charge is 0.462 e. The number of hydrogen-bond donors (Lipinski definition) is 0. The summed E-state index contributed by atoms with van der Waals surface area (Å²) in [6.45, 7) is 6.32. The van der Waals surface area contributed by atoms with Gasteiger partial charge in [-0.25, -0.2) is 0 Å². The smallest absolute Gasteiger partial charge is 0.306 e. The van der Waals surface area contributed by atoms with E-state index in [1.807, 2.05) is 0 Å². The molecule has 0 saturated carbocycles. The van der Waals surface area contributed by atoms with Crippen molar-refractivity contribution < 1.29 is 28.6 Å². The molecule has 362 valence electrons. The summed E-state index contributed by atoms with van der Waals surface area (Å²) < 4.78 is 16.7. The molecule has 0 aliphatic carbocycles. The van der Waals surface area contributed by atoms with Crippen LogP contribution in [0.15, 0.2) is 109 Å². The molecule has 0 aromatic carbocycles. The van der Waals surface area contributed by atoms with Crippen molar-refractivity contribution in [3.63, 3.8) is 0 Å². The Morgan fingerprint density at radius 1 is 0.344 bits per heavy atom. The number of ether oxygens (including phenoxy) is 3. The normalized spacial score (nSPS) is 13.0. The highest BCUT2D eigenvalue weighted by Crippen LogP contribution is 2.13. The van der Waals surface area contributed by atoms with Gasteiger partial charge in [0.15, 0.2) is 6.10 Å². The van der Waals surface area contributed by atoms with Gasteiger partial charge in [0.1, 0.15) is 13.2 Å². The summed E-state index contributed by atoms with van der Waals surface area (Å²) in [5.74, 6) is -0.968. The Balaban J connectivity index is 4.48. The molecule has 0 N–H and O–H groups in total. The second kappa shape index (κ2) is 51.7. The number of hydrogen-bond acceptors (Lipinski definition) is 6. The van der Waals surface area contributed by atoms with E-state index in [0.29, 0.717) is 19.3 Å². The molecule has 0 aliphatic rings. The minimum atomic E-state index is -0.805. The first-order chi connectivity index (χ1) is 31.5. The van der Waals surface area contributed by atoms with Crippen molar-refractivity contribution >= 4 is 17.9 Å². The monoisotopic (exact) mass is 887 g/mol. The Hall–Kier alpha value is -3.93. The van der Waals surface area contributed by atoms with Crippen molar-refractivity contribution in [2.45, 2.75) is 226 Å². The predicted octanol–water partition coefficient (Wildman–Crippen LogP) is 17.1. The predicted molar refractivity (Wildman–Crippen MR) is 274 cm³/mol. The molecule has 0 radical (unpaired) electrons. The molecule has 6 heteroatoms. The first-order valence-corrected chi connectivity index (χ1v) is 25.9. The summed E-state index contributed by atoms with van der Waals surface area (Å²) >= 11 is 0. The number of rotatable bonds is 45. The van der Waals surface area contributed by atoms with Gasteiger partial charge in [-0.1, -0.05) is 194 Å². The molecule has 0 aliphatic heterocycles. The summed E-state index contributed by atoms with van der Waals surface area (Å²) in [4.78, 5) is 38.0. The van der Waals surface area contributed by atoms with E-state index in [4.69, 9.17) is 14.2 Å². The molecule has 0 fully saturated rings. The van der Waals surface area contributed by atoms with E-state index in [0.717, 1.165) is 141 Å². The topological polar surface area (TPSA) is 78.9 Å². The van der Waals surface area contributed by atoms with Crippen LogP contribution in [0, 0.1) is 0 Å². The molecule has 0 aromatic rings. The SMILES string of the molecule is CC/C=C\C/C=C\C/C=C\C/C=C\C/C=C\CCCCCC(=O)OCC(COC(=O)CCCCCCC/C=C\C/C=C\CC)OC(=O)CCCCCCCC/C=C\C=C/CCCCC. The Morgan fingerprint density at radius 2 is 0.656 bits per heavy atom. The molecule has 1 atom stereocenters. The maximum atomic E-state index is 12.8. The molecular weight excluding hydrogens is 793 g/mol. The molecule has 0 bridgehead atoms. The van der Waals surface area contributed by atoms with Gasteiger partial charge in [0.25, 0.3) is 0 Å². The average Bonchev–Trinajstić information content (AvgIpc) is 3.29.